The van der Waals surface area contributed by atoms with Crippen molar-refractivity contribution in [3.63, 3.8) is 0 Å². The number of anilines is 1. The minimum atomic E-state index is -0.599. The van der Waals surface area contributed by atoms with E-state index in [0.29, 0.717) is 33.6 Å². The van der Waals surface area contributed by atoms with E-state index >= 15 is 0 Å². The number of rotatable bonds is 7. The molecule has 2 amide bonds. The van der Waals surface area contributed by atoms with Crippen LogP contribution in [-0.2, 0) is 11.3 Å². The van der Waals surface area contributed by atoms with Gasteiger partial charge in [0.25, 0.3) is 5.91 Å². The van der Waals surface area contributed by atoms with Gasteiger partial charge in [0.2, 0.25) is 11.7 Å². The van der Waals surface area contributed by atoms with Crippen molar-refractivity contribution in [2.75, 3.05) is 11.1 Å². The highest BCUT2D eigenvalue weighted by Gasteiger charge is 2.17. The smallest absolute Gasteiger partial charge is 0.250 e. The number of primary amides is 1. The zero-order valence-electron chi connectivity index (χ0n) is 14.3. The van der Waals surface area contributed by atoms with Crippen molar-refractivity contribution in [1.29, 1.82) is 0 Å². The highest BCUT2D eigenvalue weighted by Crippen LogP contribution is 2.27. The first kappa shape index (κ1) is 19.2. The summed E-state index contributed by atoms with van der Waals surface area (Å²) < 4.78 is 7.99. The van der Waals surface area contributed by atoms with Crippen LogP contribution in [0.25, 0.3) is 11.6 Å². The Morgan fingerprint density at radius 2 is 2.04 bits per heavy atom. The summed E-state index contributed by atoms with van der Waals surface area (Å²) in [6.45, 7) is 2.58. The maximum atomic E-state index is 12.3. The highest BCUT2D eigenvalue weighted by molar-refractivity contribution is 9.10. The highest BCUT2D eigenvalue weighted by atomic mass is 79.9. The molecule has 27 heavy (non-hydrogen) atoms. The summed E-state index contributed by atoms with van der Waals surface area (Å²) in [6, 6.07) is 10.2. The van der Waals surface area contributed by atoms with Gasteiger partial charge >= 0.3 is 0 Å². The van der Waals surface area contributed by atoms with Crippen LogP contribution in [0.15, 0.2) is 50.6 Å². The summed E-state index contributed by atoms with van der Waals surface area (Å²) in [5.41, 5.74) is 5.97. The third-order valence-corrected chi connectivity index (χ3v) is 5.02. The summed E-state index contributed by atoms with van der Waals surface area (Å²) in [5.74, 6) is 0.404. The number of carbonyl (C=O) groups is 2. The number of nitrogens with two attached hydrogens (primary N) is 1. The van der Waals surface area contributed by atoms with Gasteiger partial charge in [-0.3, -0.25) is 14.2 Å². The van der Waals surface area contributed by atoms with Crippen molar-refractivity contribution in [3.8, 4) is 11.6 Å². The minimum Gasteiger partial charge on any atom is -0.446 e. The van der Waals surface area contributed by atoms with Gasteiger partial charge in [0.15, 0.2) is 15.6 Å². The van der Waals surface area contributed by atoms with E-state index in [-0.39, 0.29) is 17.2 Å². The SMILES string of the molecule is CCn1c(SCC(=O)Nc2ccccc2C(N)=O)nnc1-c1ccc(Br)o1. The first-order valence-electron chi connectivity index (χ1n) is 8.00. The second-order valence-electron chi connectivity index (χ2n) is 5.40. The van der Waals surface area contributed by atoms with Crippen LogP contribution < -0.4 is 11.1 Å². The molecule has 0 spiro atoms. The zero-order chi connectivity index (χ0) is 19.4. The maximum absolute atomic E-state index is 12.3. The van der Waals surface area contributed by atoms with Crippen LogP contribution in [0.4, 0.5) is 5.69 Å². The number of para-hydroxylation sites is 1. The molecule has 0 aliphatic heterocycles. The van der Waals surface area contributed by atoms with Crippen molar-refractivity contribution in [1.82, 2.24) is 14.8 Å². The lowest BCUT2D eigenvalue weighted by atomic mass is 10.1. The fraction of sp³-hybridized carbons (Fsp3) is 0.176. The Morgan fingerprint density at radius 1 is 1.26 bits per heavy atom. The molecule has 2 aromatic heterocycles. The second-order valence-corrected chi connectivity index (χ2v) is 7.12. The number of furan rings is 1. The minimum absolute atomic E-state index is 0.104. The van der Waals surface area contributed by atoms with Gasteiger partial charge < -0.3 is 15.5 Å². The molecule has 3 N–H and O–H groups in total. The summed E-state index contributed by atoms with van der Waals surface area (Å²) in [6.07, 6.45) is 0. The van der Waals surface area contributed by atoms with Gasteiger partial charge in [-0.1, -0.05) is 23.9 Å². The molecule has 8 nitrogen and oxygen atoms in total. The molecule has 0 radical (unpaired) electrons. The van der Waals surface area contributed by atoms with Gasteiger partial charge in [0.05, 0.1) is 17.0 Å². The number of hydrogen-bond acceptors (Lipinski definition) is 6. The third kappa shape index (κ3) is 4.40. The van der Waals surface area contributed by atoms with E-state index in [4.69, 9.17) is 10.2 Å². The quantitative estimate of drug-likeness (QED) is 0.535. The van der Waals surface area contributed by atoms with Crippen LogP contribution in [0.5, 0.6) is 0 Å². The van der Waals surface area contributed by atoms with Gasteiger partial charge in [-0.2, -0.15) is 0 Å². The Kier molecular flexibility index (Phi) is 5.97. The van der Waals surface area contributed by atoms with E-state index in [1.165, 1.54) is 11.8 Å². The fourth-order valence-electron chi connectivity index (χ4n) is 2.42. The molecular formula is C17H16BrN5O3S. The number of benzene rings is 1. The van der Waals surface area contributed by atoms with E-state index in [0.717, 1.165) is 0 Å². The zero-order valence-corrected chi connectivity index (χ0v) is 16.7. The fourth-order valence-corrected chi connectivity index (χ4v) is 3.53. The normalized spacial score (nSPS) is 10.7. The maximum Gasteiger partial charge on any atom is 0.250 e. The topological polar surface area (TPSA) is 116 Å². The Balaban J connectivity index is 1.69. The number of thioether (sulfide) groups is 1. The Morgan fingerprint density at radius 3 is 2.70 bits per heavy atom. The molecular weight excluding hydrogens is 434 g/mol. The number of nitrogens with zero attached hydrogens (tertiary/aromatic N) is 3. The summed E-state index contributed by atoms with van der Waals surface area (Å²) in [7, 11) is 0. The Labute approximate surface area is 167 Å². The van der Waals surface area contributed by atoms with Gasteiger partial charge in [-0.15, -0.1) is 10.2 Å². The lowest BCUT2D eigenvalue weighted by Gasteiger charge is -2.09. The first-order valence-corrected chi connectivity index (χ1v) is 9.77. The van der Waals surface area contributed by atoms with E-state index in [2.05, 4.69) is 31.4 Å². The molecule has 1 aromatic carbocycles. The predicted molar refractivity (Wildman–Crippen MR) is 105 cm³/mol. The van der Waals surface area contributed by atoms with Crippen molar-refractivity contribution >= 4 is 45.2 Å². The molecule has 0 bridgehead atoms. The summed E-state index contributed by atoms with van der Waals surface area (Å²) in [4.78, 5) is 23.7. The molecule has 2 heterocycles. The molecule has 0 unspecified atom stereocenters. The number of hydrogen-bond donors (Lipinski definition) is 2. The van der Waals surface area contributed by atoms with E-state index < -0.39 is 5.91 Å². The molecule has 0 aliphatic carbocycles. The molecule has 3 aromatic rings. The van der Waals surface area contributed by atoms with Crippen LogP contribution in [0.1, 0.15) is 17.3 Å². The van der Waals surface area contributed by atoms with E-state index in [9.17, 15) is 9.59 Å². The van der Waals surface area contributed by atoms with Crippen molar-refractivity contribution in [2.24, 2.45) is 5.73 Å². The van der Waals surface area contributed by atoms with Gasteiger partial charge in [-0.05, 0) is 47.1 Å². The van der Waals surface area contributed by atoms with Crippen LogP contribution >= 0.6 is 27.7 Å². The Bertz CT molecular complexity index is 985. The lowest BCUT2D eigenvalue weighted by molar-refractivity contribution is -0.113. The molecule has 0 saturated carbocycles. The standard InChI is InChI=1S/C17H16BrN5O3S/c1-2-23-16(12-7-8-13(18)26-12)21-22-17(23)27-9-14(24)20-11-6-4-3-5-10(11)15(19)25/h3-8H,2,9H2,1H3,(H2,19,25)(H,20,24). The number of amides is 2. The van der Waals surface area contributed by atoms with Crippen molar-refractivity contribution in [2.45, 2.75) is 18.6 Å². The van der Waals surface area contributed by atoms with E-state index in [1.807, 2.05) is 11.5 Å². The molecule has 0 fully saturated rings. The molecule has 0 saturated heterocycles. The third-order valence-electron chi connectivity index (χ3n) is 3.63. The first-order chi connectivity index (χ1) is 13.0. The molecule has 0 aliphatic rings. The number of halogens is 1. The van der Waals surface area contributed by atoms with Gasteiger partial charge in [-0.25, -0.2) is 0 Å². The average Bonchev–Trinajstić information content (AvgIpc) is 3.25. The van der Waals surface area contributed by atoms with Crippen molar-refractivity contribution < 1.29 is 14.0 Å². The number of carbonyl (C=O) groups excluding carboxylic acids is 2. The number of aromatic nitrogens is 3. The van der Waals surface area contributed by atoms with Crippen LogP contribution in [0.2, 0.25) is 0 Å². The largest absolute Gasteiger partial charge is 0.446 e. The van der Waals surface area contributed by atoms with Crippen LogP contribution in [0.3, 0.4) is 0 Å². The molecule has 0 atom stereocenters. The summed E-state index contributed by atoms with van der Waals surface area (Å²) >= 11 is 4.51. The second kappa shape index (κ2) is 8.40. The monoisotopic (exact) mass is 449 g/mol. The predicted octanol–water partition coefficient (Wildman–Crippen LogP) is 3.15. The molecule has 3 rings (SSSR count). The number of nitrogens with one attached hydrogen (secondary N) is 1. The van der Waals surface area contributed by atoms with Gasteiger partial charge in [0, 0.05) is 6.54 Å². The van der Waals surface area contributed by atoms with Crippen molar-refractivity contribution in [3.05, 3.63) is 46.6 Å². The van der Waals surface area contributed by atoms with Crippen LogP contribution in [0, 0.1) is 0 Å². The Hall–Kier alpha value is -2.59. The average molecular weight is 450 g/mol. The van der Waals surface area contributed by atoms with Crippen LogP contribution in [-0.4, -0.2) is 32.3 Å². The molecule has 140 valence electrons. The summed E-state index contributed by atoms with van der Waals surface area (Å²) in [5, 5.41) is 11.6. The molecule has 10 heteroatoms. The van der Waals surface area contributed by atoms with E-state index in [1.54, 1.807) is 36.4 Å². The van der Waals surface area contributed by atoms with Gasteiger partial charge in [0.1, 0.15) is 0 Å². The lowest BCUT2D eigenvalue weighted by Crippen LogP contribution is -2.19.